The third-order valence-corrected chi connectivity index (χ3v) is 2.89. The molecule has 12 heteroatoms. The van der Waals surface area contributed by atoms with Crippen LogP contribution in [0.5, 0.6) is 0 Å². The number of anilines is 3. The molecular formula is C14H20N4O8-2. The first-order valence-corrected chi connectivity index (χ1v) is 7.33. The Morgan fingerprint density at radius 2 is 1.88 bits per heavy atom. The minimum Gasteiger partial charge on any atom is -0.769 e. The maximum Gasteiger partial charge on any atom is 0.408 e. The second-order valence-electron chi connectivity index (χ2n) is 6.17. The molecule has 0 heterocycles. The molecule has 0 saturated heterocycles. The first-order chi connectivity index (χ1) is 11.9. The van der Waals surface area contributed by atoms with Gasteiger partial charge >= 0.3 is 12.1 Å². The molecule has 1 rings (SSSR count). The van der Waals surface area contributed by atoms with Gasteiger partial charge in [-0.25, -0.2) is 9.59 Å². The topological polar surface area (TPSA) is 181 Å². The average molecular weight is 372 g/mol. The van der Waals surface area contributed by atoms with E-state index in [4.69, 9.17) is 4.74 Å². The summed E-state index contributed by atoms with van der Waals surface area (Å²) in [7, 11) is 0. The van der Waals surface area contributed by atoms with Gasteiger partial charge in [0.05, 0.1) is 5.69 Å². The summed E-state index contributed by atoms with van der Waals surface area (Å²) in [5.41, 5.74) is -1.60. The highest BCUT2D eigenvalue weighted by Crippen LogP contribution is 2.29. The van der Waals surface area contributed by atoms with Crippen molar-refractivity contribution in [2.75, 3.05) is 22.3 Å². The number of carbonyl (C=O) groups is 2. The zero-order valence-corrected chi connectivity index (χ0v) is 14.3. The van der Waals surface area contributed by atoms with Crippen molar-refractivity contribution in [3.8, 4) is 0 Å². The number of ether oxygens (including phenoxy) is 1. The fourth-order valence-electron chi connectivity index (χ4n) is 1.81. The minimum absolute atomic E-state index is 0.00200. The van der Waals surface area contributed by atoms with E-state index in [2.05, 4.69) is 10.6 Å². The van der Waals surface area contributed by atoms with Crippen LogP contribution in [0.2, 0.25) is 0 Å². The Bertz CT molecular complexity index is 644. The highest BCUT2D eigenvalue weighted by molar-refractivity contribution is 5.81. The van der Waals surface area contributed by atoms with Gasteiger partial charge in [-0.3, -0.25) is 10.4 Å². The summed E-state index contributed by atoms with van der Waals surface area (Å²) in [6, 6.07) is 1.73. The molecule has 1 aromatic carbocycles. The fourth-order valence-corrected chi connectivity index (χ4v) is 1.81. The Morgan fingerprint density at radius 1 is 1.27 bits per heavy atom. The van der Waals surface area contributed by atoms with Crippen LogP contribution in [-0.2, 0) is 9.53 Å². The largest absolute Gasteiger partial charge is 0.769 e. The fraction of sp³-hybridized carbons (Fsp3) is 0.429. The predicted molar refractivity (Wildman–Crippen MR) is 91.0 cm³/mol. The third kappa shape index (κ3) is 6.60. The number of hydrogen-bond donors (Lipinski definition) is 5. The zero-order chi connectivity index (χ0) is 20.1. The van der Waals surface area contributed by atoms with Crippen molar-refractivity contribution < 1.29 is 29.8 Å². The summed E-state index contributed by atoms with van der Waals surface area (Å²) < 4.78 is 4.97. The van der Waals surface area contributed by atoms with Crippen molar-refractivity contribution in [3.63, 3.8) is 0 Å². The average Bonchev–Trinajstić information content (AvgIpc) is 2.48. The Morgan fingerprint density at radius 3 is 2.35 bits per heavy atom. The summed E-state index contributed by atoms with van der Waals surface area (Å²) in [5, 5.41) is 52.7. The van der Waals surface area contributed by atoms with E-state index in [-0.39, 0.29) is 23.1 Å². The van der Waals surface area contributed by atoms with Crippen LogP contribution in [-0.4, -0.2) is 45.8 Å². The second-order valence-corrected chi connectivity index (χ2v) is 6.17. The lowest BCUT2D eigenvalue weighted by molar-refractivity contribution is -0.139. The molecule has 0 aromatic heterocycles. The van der Waals surface area contributed by atoms with Crippen molar-refractivity contribution in [2.45, 2.75) is 32.4 Å². The Kier molecular flexibility index (Phi) is 6.97. The number of alkyl carbamates (subject to hydrolysis) is 1. The van der Waals surface area contributed by atoms with Gasteiger partial charge in [0.2, 0.25) is 0 Å². The molecule has 5 N–H and O–H groups in total. The van der Waals surface area contributed by atoms with E-state index in [1.165, 1.54) is 6.07 Å². The molecule has 0 spiro atoms. The molecule has 0 bridgehead atoms. The smallest absolute Gasteiger partial charge is 0.408 e. The molecule has 26 heavy (non-hydrogen) atoms. The molecule has 1 amide bonds. The summed E-state index contributed by atoms with van der Waals surface area (Å²) in [6.07, 6.45) is -0.943. The van der Waals surface area contributed by atoms with E-state index < -0.39 is 34.6 Å². The quantitative estimate of drug-likeness (QED) is 0.437. The van der Waals surface area contributed by atoms with Gasteiger partial charge in [0.1, 0.15) is 17.3 Å². The molecule has 0 aliphatic rings. The Labute approximate surface area is 148 Å². The van der Waals surface area contributed by atoms with Crippen LogP contribution >= 0.6 is 0 Å². The van der Waals surface area contributed by atoms with Crippen molar-refractivity contribution in [3.05, 3.63) is 28.6 Å². The molecule has 0 aliphatic heterocycles. The first kappa shape index (κ1) is 21.2. The number of carboxylic acid groups (broad SMARTS) is 1. The number of rotatable bonds is 7. The molecule has 146 valence electrons. The van der Waals surface area contributed by atoms with Gasteiger partial charge in [0, 0.05) is 12.2 Å². The number of aliphatic carboxylic acids is 1. The highest BCUT2D eigenvalue weighted by Gasteiger charge is 2.24. The highest BCUT2D eigenvalue weighted by atomic mass is 16.8. The van der Waals surface area contributed by atoms with Gasteiger partial charge in [-0.15, -0.1) is 5.23 Å². The van der Waals surface area contributed by atoms with E-state index >= 15 is 0 Å². The molecule has 0 fully saturated rings. The number of benzene rings is 1. The third-order valence-electron chi connectivity index (χ3n) is 2.89. The number of carboxylic acids is 1. The van der Waals surface area contributed by atoms with Crippen LogP contribution in [0.1, 0.15) is 20.8 Å². The van der Waals surface area contributed by atoms with Crippen LogP contribution in [0.4, 0.5) is 21.9 Å². The van der Waals surface area contributed by atoms with E-state index in [1.807, 2.05) is 0 Å². The van der Waals surface area contributed by atoms with Crippen LogP contribution in [0.3, 0.4) is 0 Å². The first-order valence-electron chi connectivity index (χ1n) is 7.33. The summed E-state index contributed by atoms with van der Waals surface area (Å²) in [5.74, 6) is -1.36. The molecule has 0 unspecified atom stereocenters. The molecule has 0 aliphatic carbocycles. The lowest BCUT2D eigenvalue weighted by Crippen LogP contribution is -2.47. The SMILES string of the molecule is CC(C)(C)OC(=O)N[C@H](CNc1ccc(N([O-])[O-])cc1N(O)O)C(=O)O. The Hall–Kier alpha value is -2.80. The summed E-state index contributed by atoms with van der Waals surface area (Å²) >= 11 is 0. The van der Waals surface area contributed by atoms with Crippen LogP contribution < -0.4 is 21.1 Å². The maximum absolute atomic E-state index is 11.7. The lowest BCUT2D eigenvalue weighted by atomic mass is 10.2. The van der Waals surface area contributed by atoms with Crippen LogP contribution in [0, 0.1) is 10.4 Å². The van der Waals surface area contributed by atoms with Gasteiger partial charge in [-0.1, -0.05) is 0 Å². The van der Waals surface area contributed by atoms with Crippen molar-refractivity contribution in [1.82, 2.24) is 5.32 Å². The summed E-state index contributed by atoms with van der Waals surface area (Å²) in [6.45, 7) is 4.48. The van der Waals surface area contributed by atoms with Gasteiger partial charge in [-0.2, -0.15) is 0 Å². The molecule has 1 atom stereocenters. The van der Waals surface area contributed by atoms with E-state index in [0.717, 1.165) is 12.1 Å². The van der Waals surface area contributed by atoms with Crippen molar-refractivity contribution in [1.29, 1.82) is 0 Å². The van der Waals surface area contributed by atoms with Crippen LogP contribution in [0.15, 0.2) is 18.2 Å². The number of amides is 1. The molecular weight excluding hydrogens is 352 g/mol. The number of carbonyl (C=O) groups excluding carboxylic acids is 1. The van der Waals surface area contributed by atoms with Gasteiger partial charge in [-0.05, 0) is 39.0 Å². The van der Waals surface area contributed by atoms with Crippen LogP contribution in [0.25, 0.3) is 0 Å². The molecule has 1 aromatic rings. The Balaban J connectivity index is 2.86. The number of hydrogen-bond acceptors (Lipinski definition) is 10. The summed E-state index contributed by atoms with van der Waals surface area (Å²) in [4.78, 5) is 23.0. The monoisotopic (exact) mass is 372 g/mol. The second kappa shape index (κ2) is 8.53. The zero-order valence-electron chi connectivity index (χ0n) is 14.3. The minimum atomic E-state index is -1.40. The van der Waals surface area contributed by atoms with Gasteiger partial charge < -0.3 is 36.1 Å². The number of nitrogens with zero attached hydrogens (tertiary/aromatic N) is 2. The molecule has 12 nitrogen and oxygen atoms in total. The van der Waals surface area contributed by atoms with Crippen molar-refractivity contribution >= 4 is 29.1 Å². The lowest BCUT2D eigenvalue weighted by Gasteiger charge is -2.38. The van der Waals surface area contributed by atoms with E-state index in [9.17, 15) is 35.5 Å². The predicted octanol–water partition coefficient (Wildman–Crippen LogP) is 1.46. The van der Waals surface area contributed by atoms with E-state index in [1.54, 1.807) is 20.8 Å². The van der Waals surface area contributed by atoms with Gasteiger partial charge in [0.15, 0.2) is 0 Å². The van der Waals surface area contributed by atoms with Gasteiger partial charge in [0.25, 0.3) is 0 Å². The normalized spacial score (nSPS) is 12.1. The van der Waals surface area contributed by atoms with Crippen molar-refractivity contribution in [2.24, 2.45) is 0 Å². The maximum atomic E-state index is 11.7. The molecule has 0 saturated carbocycles. The standard InChI is InChI=1S/C14H20N4O8/c1-14(2,3)26-13(21)16-10(12(19)20)7-15-9-5-4-8(17(22)23)6-11(9)18(24)25/h4-6,10,15,24-25H,7H2,1-3H3,(H,16,21)(H,19,20)/q-2/t10-/m1/s1. The number of nitrogens with one attached hydrogen (secondary N) is 2. The molecule has 0 radical (unpaired) electrons. The van der Waals surface area contributed by atoms with E-state index in [0.29, 0.717) is 0 Å².